The minimum absolute atomic E-state index is 0.0797. The first kappa shape index (κ1) is 20.4. The van der Waals surface area contributed by atoms with Crippen LogP contribution in [0.4, 0.5) is 0 Å². The van der Waals surface area contributed by atoms with Crippen LogP contribution in [0.1, 0.15) is 47.4 Å². The van der Waals surface area contributed by atoms with Gasteiger partial charge in [0.2, 0.25) is 5.89 Å². The van der Waals surface area contributed by atoms with Gasteiger partial charge in [0, 0.05) is 45.1 Å². The summed E-state index contributed by atoms with van der Waals surface area (Å²) in [5, 5.41) is 13.1. The van der Waals surface area contributed by atoms with E-state index in [0.29, 0.717) is 36.9 Å². The highest BCUT2D eigenvalue weighted by atomic mass is 16.5. The summed E-state index contributed by atoms with van der Waals surface area (Å²) >= 11 is 0. The number of aliphatic imine (C=N–C) groups is 1. The molecule has 2 aromatic rings. The molecule has 3 N–H and O–H groups in total. The molecule has 0 unspecified atom stereocenters. The number of nitrogens with one attached hydrogen (secondary N) is 3. The van der Waals surface area contributed by atoms with Crippen molar-refractivity contribution < 1.29 is 9.32 Å². The van der Waals surface area contributed by atoms with Crippen LogP contribution < -0.4 is 16.0 Å². The number of nitrogens with zero attached hydrogens (tertiary/aromatic N) is 3. The van der Waals surface area contributed by atoms with Crippen LogP contribution in [0.25, 0.3) is 0 Å². The molecular formula is C19H28N6O2. The van der Waals surface area contributed by atoms with Gasteiger partial charge >= 0.3 is 0 Å². The van der Waals surface area contributed by atoms with Crippen molar-refractivity contribution in [3.8, 4) is 0 Å². The summed E-state index contributed by atoms with van der Waals surface area (Å²) in [6.45, 7) is 5.41. The molecule has 0 aliphatic heterocycles. The predicted molar refractivity (Wildman–Crippen MR) is 105 cm³/mol. The average molecular weight is 372 g/mol. The van der Waals surface area contributed by atoms with Crippen LogP contribution in [0.15, 0.2) is 33.8 Å². The fourth-order valence-corrected chi connectivity index (χ4v) is 2.45. The Kier molecular flexibility index (Phi) is 7.79. The van der Waals surface area contributed by atoms with Gasteiger partial charge in [-0.15, -0.1) is 0 Å². The van der Waals surface area contributed by atoms with Crippen LogP contribution in [0, 0.1) is 0 Å². The van der Waals surface area contributed by atoms with E-state index in [0.717, 1.165) is 17.8 Å². The van der Waals surface area contributed by atoms with E-state index < -0.39 is 0 Å². The van der Waals surface area contributed by atoms with Gasteiger partial charge in [-0.25, -0.2) is 0 Å². The van der Waals surface area contributed by atoms with Gasteiger partial charge in [0.25, 0.3) is 5.91 Å². The van der Waals surface area contributed by atoms with Crippen LogP contribution in [0.5, 0.6) is 0 Å². The maximum atomic E-state index is 11.7. The summed E-state index contributed by atoms with van der Waals surface area (Å²) in [6.07, 6.45) is 1.42. The fourth-order valence-electron chi connectivity index (χ4n) is 2.45. The Balaban J connectivity index is 1.74. The number of benzene rings is 1. The van der Waals surface area contributed by atoms with Gasteiger partial charge in [-0.05, 0) is 24.1 Å². The standard InChI is InChI=1S/C19H28N6O2/c1-13(2)17-24-16(27-25-17)9-11-23-19(21-4)22-10-8-14-6-5-7-15(12-14)18(26)20-3/h5-7,12-13H,8-11H2,1-4H3,(H,20,26)(H2,21,22,23). The third-order valence-electron chi connectivity index (χ3n) is 3.98. The first-order valence-electron chi connectivity index (χ1n) is 9.11. The zero-order valence-corrected chi connectivity index (χ0v) is 16.4. The first-order valence-corrected chi connectivity index (χ1v) is 9.11. The zero-order chi connectivity index (χ0) is 19.6. The predicted octanol–water partition coefficient (Wildman–Crippen LogP) is 1.50. The van der Waals surface area contributed by atoms with Crippen molar-refractivity contribution in [3.05, 3.63) is 47.1 Å². The number of carbonyl (C=O) groups is 1. The Hall–Kier alpha value is -2.90. The summed E-state index contributed by atoms with van der Waals surface area (Å²) < 4.78 is 5.23. The monoisotopic (exact) mass is 372 g/mol. The molecule has 0 aliphatic carbocycles. The molecule has 0 bridgehead atoms. The number of rotatable bonds is 8. The molecule has 0 radical (unpaired) electrons. The van der Waals surface area contributed by atoms with Crippen LogP contribution >= 0.6 is 0 Å². The minimum atomic E-state index is -0.0797. The van der Waals surface area contributed by atoms with E-state index in [1.807, 2.05) is 32.0 Å². The third-order valence-corrected chi connectivity index (χ3v) is 3.98. The molecular weight excluding hydrogens is 344 g/mol. The number of hydrogen-bond acceptors (Lipinski definition) is 5. The van der Waals surface area contributed by atoms with Gasteiger partial charge in [0.15, 0.2) is 11.8 Å². The van der Waals surface area contributed by atoms with E-state index in [-0.39, 0.29) is 11.8 Å². The number of guanidine groups is 1. The molecule has 1 aromatic heterocycles. The molecule has 0 saturated carbocycles. The van der Waals surface area contributed by atoms with Crippen molar-refractivity contribution in [1.29, 1.82) is 0 Å². The van der Waals surface area contributed by atoms with Gasteiger partial charge in [-0.2, -0.15) is 4.98 Å². The molecule has 0 spiro atoms. The zero-order valence-electron chi connectivity index (χ0n) is 16.4. The molecule has 0 atom stereocenters. The highest BCUT2D eigenvalue weighted by molar-refractivity contribution is 5.94. The molecule has 146 valence electrons. The van der Waals surface area contributed by atoms with E-state index in [1.165, 1.54) is 0 Å². The molecule has 2 rings (SSSR count). The van der Waals surface area contributed by atoms with Gasteiger partial charge < -0.3 is 20.5 Å². The Morgan fingerprint density at radius 1 is 1.22 bits per heavy atom. The van der Waals surface area contributed by atoms with Crippen LogP contribution in [0.3, 0.4) is 0 Å². The largest absolute Gasteiger partial charge is 0.356 e. The van der Waals surface area contributed by atoms with Crippen molar-refractivity contribution in [2.45, 2.75) is 32.6 Å². The van der Waals surface area contributed by atoms with Gasteiger partial charge in [-0.3, -0.25) is 9.79 Å². The lowest BCUT2D eigenvalue weighted by Crippen LogP contribution is -2.39. The molecule has 0 fully saturated rings. The Morgan fingerprint density at radius 3 is 2.59 bits per heavy atom. The number of aromatic nitrogens is 2. The number of carbonyl (C=O) groups excluding carboxylic acids is 1. The molecule has 1 amide bonds. The topological polar surface area (TPSA) is 104 Å². The maximum Gasteiger partial charge on any atom is 0.251 e. The summed E-state index contributed by atoms with van der Waals surface area (Å²) in [6, 6.07) is 7.60. The molecule has 0 saturated heterocycles. The third kappa shape index (κ3) is 6.40. The van der Waals surface area contributed by atoms with Gasteiger partial charge in [0.05, 0.1) is 0 Å². The highest BCUT2D eigenvalue weighted by Gasteiger charge is 2.09. The second kappa shape index (κ2) is 10.3. The van der Waals surface area contributed by atoms with Crippen LogP contribution in [-0.2, 0) is 12.8 Å². The summed E-state index contributed by atoms with van der Waals surface area (Å²) in [7, 11) is 3.36. The highest BCUT2D eigenvalue weighted by Crippen LogP contribution is 2.09. The van der Waals surface area contributed by atoms with Crippen molar-refractivity contribution in [2.24, 2.45) is 4.99 Å². The normalized spacial score (nSPS) is 11.5. The molecule has 27 heavy (non-hydrogen) atoms. The van der Waals surface area contributed by atoms with Crippen molar-refractivity contribution in [3.63, 3.8) is 0 Å². The summed E-state index contributed by atoms with van der Waals surface area (Å²) in [4.78, 5) is 20.3. The Labute approximate surface area is 159 Å². The molecule has 0 aliphatic rings. The Bertz CT molecular complexity index is 769. The number of amides is 1. The SMILES string of the molecule is CN=C(NCCc1cccc(C(=O)NC)c1)NCCc1nc(C(C)C)no1. The lowest BCUT2D eigenvalue weighted by atomic mass is 10.1. The lowest BCUT2D eigenvalue weighted by Gasteiger charge is -2.11. The van der Waals surface area contributed by atoms with Crippen molar-refractivity contribution >= 4 is 11.9 Å². The fraction of sp³-hybridized carbons (Fsp3) is 0.474. The molecule has 8 nitrogen and oxygen atoms in total. The number of hydrogen-bond donors (Lipinski definition) is 3. The summed E-state index contributed by atoms with van der Waals surface area (Å²) in [5.74, 6) is 2.23. The van der Waals surface area contributed by atoms with E-state index in [2.05, 4.69) is 31.1 Å². The quantitative estimate of drug-likeness (QED) is 0.479. The Morgan fingerprint density at radius 2 is 1.96 bits per heavy atom. The summed E-state index contributed by atoms with van der Waals surface area (Å²) in [5.41, 5.74) is 1.75. The van der Waals surface area contributed by atoms with E-state index >= 15 is 0 Å². The van der Waals surface area contributed by atoms with E-state index in [4.69, 9.17) is 4.52 Å². The second-order valence-electron chi connectivity index (χ2n) is 6.41. The molecule has 1 aromatic carbocycles. The minimum Gasteiger partial charge on any atom is -0.356 e. The van der Waals surface area contributed by atoms with Crippen LogP contribution in [0.2, 0.25) is 0 Å². The van der Waals surface area contributed by atoms with Crippen molar-refractivity contribution in [2.75, 3.05) is 27.2 Å². The van der Waals surface area contributed by atoms with Crippen molar-refractivity contribution in [1.82, 2.24) is 26.1 Å². The maximum absolute atomic E-state index is 11.7. The van der Waals surface area contributed by atoms with Gasteiger partial charge in [-0.1, -0.05) is 31.1 Å². The van der Waals surface area contributed by atoms with E-state index in [1.54, 1.807) is 20.2 Å². The lowest BCUT2D eigenvalue weighted by molar-refractivity contribution is 0.0963. The smallest absolute Gasteiger partial charge is 0.251 e. The van der Waals surface area contributed by atoms with E-state index in [9.17, 15) is 4.79 Å². The average Bonchev–Trinajstić information content (AvgIpc) is 3.15. The van der Waals surface area contributed by atoms with Gasteiger partial charge in [0.1, 0.15) is 0 Å². The molecule has 8 heteroatoms. The molecule has 1 heterocycles. The first-order chi connectivity index (χ1) is 13.0. The second-order valence-corrected chi connectivity index (χ2v) is 6.41. The van der Waals surface area contributed by atoms with Crippen LogP contribution in [-0.4, -0.2) is 49.2 Å².